The number of aliphatic carboxylic acids is 1. The lowest BCUT2D eigenvalue weighted by atomic mass is 10.0. The highest BCUT2D eigenvalue weighted by Crippen LogP contribution is 2.29. The maximum atomic E-state index is 12.8. The summed E-state index contributed by atoms with van der Waals surface area (Å²) in [6.07, 6.45) is 1.24. The monoisotopic (exact) mass is 337 g/mol. The zero-order chi connectivity index (χ0) is 15.8. The number of carboxylic acid groups (broad SMARTS) is 1. The van der Waals surface area contributed by atoms with Crippen LogP contribution in [0.15, 0.2) is 11.2 Å². The van der Waals surface area contributed by atoms with Gasteiger partial charge in [-0.05, 0) is 0 Å². The summed E-state index contributed by atoms with van der Waals surface area (Å²) >= 11 is 5.90. The topological polar surface area (TPSA) is 102 Å². The molecule has 1 aliphatic rings. The van der Waals surface area contributed by atoms with E-state index < -0.39 is 28.0 Å². The van der Waals surface area contributed by atoms with Crippen LogP contribution >= 0.6 is 11.6 Å². The predicted molar refractivity (Wildman–Crippen MR) is 73.5 cm³/mol. The number of carbonyl (C=O) groups is 1. The molecule has 21 heavy (non-hydrogen) atoms. The number of hydrogen-bond donors (Lipinski definition) is 1. The SMILES string of the molecule is CCN(C1COCC1C(=O)O)S(=O)(=O)c1c(Cl)cnn1C. The maximum absolute atomic E-state index is 12.8. The predicted octanol–water partition coefficient (Wildman–Crippen LogP) is 0.184. The van der Waals surface area contributed by atoms with Crippen LogP contribution in [0, 0.1) is 5.92 Å². The van der Waals surface area contributed by atoms with Gasteiger partial charge in [0.1, 0.15) is 0 Å². The summed E-state index contributed by atoms with van der Waals surface area (Å²) in [4.78, 5) is 11.2. The summed E-state index contributed by atoms with van der Waals surface area (Å²) in [6.45, 7) is 1.78. The second kappa shape index (κ2) is 5.91. The van der Waals surface area contributed by atoms with Gasteiger partial charge in [0, 0.05) is 13.6 Å². The average Bonchev–Trinajstić information content (AvgIpc) is 2.97. The Labute approximate surface area is 127 Å². The molecule has 2 heterocycles. The summed E-state index contributed by atoms with van der Waals surface area (Å²) in [6, 6.07) is -0.761. The van der Waals surface area contributed by atoms with E-state index in [-0.39, 0.29) is 29.8 Å². The van der Waals surface area contributed by atoms with Crippen molar-refractivity contribution in [1.82, 2.24) is 14.1 Å². The molecule has 118 valence electrons. The molecule has 2 rings (SSSR count). The molecule has 1 aromatic rings. The van der Waals surface area contributed by atoms with Gasteiger partial charge in [0.15, 0.2) is 5.03 Å². The smallest absolute Gasteiger partial charge is 0.310 e. The van der Waals surface area contributed by atoms with E-state index >= 15 is 0 Å². The molecule has 2 atom stereocenters. The van der Waals surface area contributed by atoms with Crippen LogP contribution in [-0.2, 0) is 26.6 Å². The molecule has 10 heteroatoms. The van der Waals surface area contributed by atoms with Crippen LogP contribution in [0.4, 0.5) is 0 Å². The fraction of sp³-hybridized carbons (Fsp3) is 0.636. The van der Waals surface area contributed by atoms with Crippen LogP contribution < -0.4 is 0 Å². The van der Waals surface area contributed by atoms with E-state index in [0.29, 0.717) is 0 Å². The second-order valence-electron chi connectivity index (χ2n) is 4.68. The Hall–Kier alpha value is -1.16. The third-order valence-corrected chi connectivity index (χ3v) is 5.95. The minimum atomic E-state index is -3.96. The number of nitrogens with zero attached hydrogens (tertiary/aromatic N) is 3. The first-order valence-corrected chi connectivity index (χ1v) is 8.12. The van der Waals surface area contributed by atoms with Gasteiger partial charge in [-0.2, -0.15) is 9.40 Å². The Bertz CT molecular complexity index is 625. The van der Waals surface area contributed by atoms with Gasteiger partial charge in [-0.15, -0.1) is 0 Å². The molecule has 0 bridgehead atoms. The first kappa shape index (κ1) is 16.2. The van der Waals surface area contributed by atoms with Crippen molar-refractivity contribution < 1.29 is 23.1 Å². The molecule has 1 aromatic heterocycles. The summed E-state index contributed by atoms with van der Waals surface area (Å²) in [5.74, 6) is -1.98. The van der Waals surface area contributed by atoms with Crippen LogP contribution in [0.2, 0.25) is 5.02 Å². The first-order chi connectivity index (χ1) is 9.80. The van der Waals surface area contributed by atoms with E-state index in [1.54, 1.807) is 6.92 Å². The summed E-state index contributed by atoms with van der Waals surface area (Å²) < 4.78 is 32.9. The molecule has 1 saturated heterocycles. The van der Waals surface area contributed by atoms with E-state index in [0.717, 1.165) is 8.99 Å². The van der Waals surface area contributed by atoms with Crippen LogP contribution in [0.1, 0.15) is 6.92 Å². The standard InChI is InChI=1S/C11H16ClN3O5S/c1-3-15(9-6-20-5-7(9)11(16)17)21(18,19)10-8(12)4-13-14(10)2/h4,7,9H,3,5-6H2,1-2H3,(H,16,17). The Morgan fingerprint density at radius 3 is 2.76 bits per heavy atom. The van der Waals surface area contributed by atoms with Gasteiger partial charge in [0.25, 0.3) is 10.0 Å². The zero-order valence-electron chi connectivity index (χ0n) is 11.6. The lowest BCUT2D eigenvalue weighted by Crippen LogP contribution is -2.46. The zero-order valence-corrected chi connectivity index (χ0v) is 13.1. The van der Waals surface area contributed by atoms with Crippen molar-refractivity contribution in [3.63, 3.8) is 0 Å². The Morgan fingerprint density at radius 1 is 1.62 bits per heavy atom. The van der Waals surface area contributed by atoms with Gasteiger partial charge >= 0.3 is 5.97 Å². The second-order valence-corrected chi connectivity index (χ2v) is 6.89. The lowest BCUT2D eigenvalue weighted by molar-refractivity contribution is -0.142. The molecular weight excluding hydrogens is 322 g/mol. The largest absolute Gasteiger partial charge is 0.481 e. The summed E-state index contributed by atoms with van der Waals surface area (Å²) in [5.41, 5.74) is 0. The molecule has 2 unspecified atom stereocenters. The summed E-state index contributed by atoms with van der Waals surface area (Å²) in [7, 11) is -2.50. The van der Waals surface area contributed by atoms with Gasteiger partial charge in [-0.1, -0.05) is 18.5 Å². The van der Waals surface area contributed by atoms with E-state index in [1.807, 2.05) is 0 Å². The van der Waals surface area contributed by atoms with Gasteiger partial charge in [0.05, 0.1) is 36.4 Å². The Morgan fingerprint density at radius 2 is 2.29 bits per heavy atom. The maximum Gasteiger partial charge on any atom is 0.310 e. The fourth-order valence-corrected chi connectivity index (χ4v) is 4.71. The number of halogens is 1. The number of rotatable bonds is 5. The first-order valence-electron chi connectivity index (χ1n) is 6.30. The molecule has 8 nitrogen and oxygen atoms in total. The molecule has 0 amide bonds. The number of hydrogen-bond acceptors (Lipinski definition) is 5. The van der Waals surface area contributed by atoms with E-state index in [1.165, 1.54) is 13.2 Å². The van der Waals surface area contributed by atoms with Gasteiger partial charge in [-0.3, -0.25) is 9.48 Å². The molecule has 0 spiro atoms. The van der Waals surface area contributed by atoms with Crippen molar-refractivity contribution in [2.24, 2.45) is 13.0 Å². The van der Waals surface area contributed by atoms with Crippen molar-refractivity contribution in [3.05, 3.63) is 11.2 Å². The Balaban J connectivity index is 2.43. The van der Waals surface area contributed by atoms with Crippen molar-refractivity contribution in [3.8, 4) is 0 Å². The Kier molecular flexibility index (Phi) is 4.57. The number of carboxylic acids is 1. The number of aromatic nitrogens is 2. The van der Waals surface area contributed by atoms with E-state index in [2.05, 4.69) is 5.10 Å². The van der Waals surface area contributed by atoms with Gasteiger partial charge < -0.3 is 9.84 Å². The van der Waals surface area contributed by atoms with E-state index in [9.17, 15) is 18.3 Å². The van der Waals surface area contributed by atoms with Gasteiger partial charge in [0.2, 0.25) is 0 Å². The summed E-state index contributed by atoms with van der Waals surface area (Å²) in [5, 5.41) is 12.9. The molecule has 0 saturated carbocycles. The third-order valence-electron chi connectivity index (χ3n) is 3.44. The lowest BCUT2D eigenvalue weighted by Gasteiger charge is -2.28. The van der Waals surface area contributed by atoms with Crippen molar-refractivity contribution >= 4 is 27.6 Å². The van der Waals surface area contributed by atoms with E-state index in [4.69, 9.17) is 16.3 Å². The molecule has 1 fully saturated rings. The van der Waals surface area contributed by atoms with Crippen LogP contribution in [0.25, 0.3) is 0 Å². The average molecular weight is 338 g/mol. The molecule has 1 aliphatic heterocycles. The van der Waals surface area contributed by atoms with Crippen LogP contribution in [0.5, 0.6) is 0 Å². The van der Waals surface area contributed by atoms with Crippen LogP contribution in [0.3, 0.4) is 0 Å². The van der Waals surface area contributed by atoms with Gasteiger partial charge in [-0.25, -0.2) is 8.42 Å². The minimum absolute atomic E-state index is 0.00161. The number of likely N-dealkylation sites (N-methyl/N-ethyl adjacent to an activating group) is 1. The number of aryl methyl sites for hydroxylation is 1. The van der Waals surface area contributed by atoms with Crippen molar-refractivity contribution in [1.29, 1.82) is 0 Å². The van der Waals surface area contributed by atoms with Crippen molar-refractivity contribution in [2.45, 2.75) is 18.0 Å². The highest BCUT2D eigenvalue weighted by Gasteiger charge is 2.44. The number of sulfonamides is 1. The molecular formula is C11H16ClN3O5S. The normalized spacial score (nSPS) is 22.9. The number of ether oxygens (including phenoxy) is 1. The highest BCUT2D eigenvalue weighted by molar-refractivity contribution is 7.89. The quantitative estimate of drug-likeness (QED) is 0.822. The molecule has 0 aliphatic carbocycles. The fourth-order valence-electron chi connectivity index (χ4n) is 2.45. The van der Waals surface area contributed by atoms with Crippen LogP contribution in [-0.4, -0.2) is 59.4 Å². The third kappa shape index (κ3) is 2.78. The molecule has 1 N–H and O–H groups in total. The minimum Gasteiger partial charge on any atom is -0.481 e. The molecule has 0 aromatic carbocycles. The molecule has 0 radical (unpaired) electrons. The van der Waals surface area contributed by atoms with Crippen molar-refractivity contribution in [2.75, 3.05) is 19.8 Å². The highest BCUT2D eigenvalue weighted by atomic mass is 35.5.